The van der Waals surface area contributed by atoms with Crippen LogP contribution in [0, 0.1) is 0 Å². The maximum atomic E-state index is 13.8. The van der Waals surface area contributed by atoms with E-state index in [1.54, 1.807) is 24.3 Å². The zero-order valence-electron chi connectivity index (χ0n) is 19.2. The fourth-order valence-corrected chi connectivity index (χ4v) is 5.79. The van der Waals surface area contributed by atoms with Gasteiger partial charge in [-0.25, -0.2) is 8.42 Å². The van der Waals surface area contributed by atoms with Crippen LogP contribution in [-0.2, 0) is 9.84 Å². The Kier molecular flexibility index (Phi) is 6.28. The highest BCUT2D eigenvalue weighted by atomic mass is 32.2. The standard InChI is InChI=1S/C27H28N2O4S/c1-2-32-21-14-16-22(17-15-21)34(30,31)26-27(29-18-7-3-4-8-19-29)33-25(28-26)24-13-9-11-20-10-5-6-12-23(20)24/h5-6,9-17H,2-4,7-8,18-19H2,1H3. The van der Waals surface area contributed by atoms with Crippen LogP contribution in [0.25, 0.3) is 22.2 Å². The van der Waals surface area contributed by atoms with Crippen molar-refractivity contribution in [3.63, 3.8) is 0 Å². The van der Waals surface area contributed by atoms with Crippen LogP contribution in [0.3, 0.4) is 0 Å². The summed E-state index contributed by atoms with van der Waals surface area (Å²) in [6.45, 7) is 3.90. The summed E-state index contributed by atoms with van der Waals surface area (Å²) in [5.41, 5.74) is 0.780. The van der Waals surface area contributed by atoms with Crippen molar-refractivity contribution in [2.75, 3.05) is 24.6 Å². The third-order valence-corrected chi connectivity index (χ3v) is 7.86. The Balaban J connectivity index is 1.65. The van der Waals surface area contributed by atoms with Gasteiger partial charge in [0.15, 0.2) is 0 Å². The van der Waals surface area contributed by atoms with Gasteiger partial charge in [0.2, 0.25) is 26.6 Å². The molecule has 2 heterocycles. The average Bonchev–Trinajstić information content (AvgIpc) is 3.13. The molecule has 0 N–H and O–H groups in total. The second-order valence-corrected chi connectivity index (χ2v) is 10.3. The molecule has 6 nitrogen and oxygen atoms in total. The largest absolute Gasteiger partial charge is 0.494 e. The third kappa shape index (κ3) is 4.28. The van der Waals surface area contributed by atoms with Gasteiger partial charge in [-0.1, -0.05) is 49.2 Å². The van der Waals surface area contributed by atoms with Crippen molar-refractivity contribution in [1.82, 2.24) is 4.98 Å². The van der Waals surface area contributed by atoms with E-state index in [-0.39, 0.29) is 9.92 Å². The van der Waals surface area contributed by atoms with E-state index in [1.807, 2.05) is 54.3 Å². The summed E-state index contributed by atoms with van der Waals surface area (Å²) in [4.78, 5) is 6.82. The number of oxazole rings is 1. The van der Waals surface area contributed by atoms with E-state index in [2.05, 4.69) is 4.98 Å². The number of aromatic nitrogens is 1. The third-order valence-electron chi connectivity index (χ3n) is 6.19. The van der Waals surface area contributed by atoms with Crippen LogP contribution in [0.1, 0.15) is 32.6 Å². The molecule has 0 aliphatic carbocycles. The fraction of sp³-hybridized carbons (Fsp3) is 0.296. The molecule has 4 aromatic rings. The van der Waals surface area contributed by atoms with Crippen molar-refractivity contribution in [2.45, 2.75) is 42.5 Å². The number of fused-ring (bicyclic) bond motifs is 1. The van der Waals surface area contributed by atoms with E-state index in [0.717, 1.165) is 55.1 Å². The summed E-state index contributed by atoms with van der Waals surface area (Å²) < 4.78 is 39.3. The van der Waals surface area contributed by atoms with E-state index in [1.165, 1.54) is 0 Å². The molecule has 0 saturated carbocycles. The second kappa shape index (κ2) is 9.50. The number of hydrogen-bond donors (Lipinski definition) is 0. The van der Waals surface area contributed by atoms with Crippen molar-refractivity contribution in [3.05, 3.63) is 66.7 Å². The summed E-state index contributed by atoms with van der Waals surface area (Å²) in [5, 5.41) is 1.99. The van der Waals surface area contributed by atoms with Gasteiger partial charge in [0.1, 0.15) is 5.75 Å². The monoisotopic (exact) mass is 476 g/mol. The maximum absolute atomic E-state index is 13.8. The molecule has 0 unspecified atom stereocenters. The summed E-state index contributed by atoms with van der Waals surface area (Å²) in [6.07, 6.45) is 4.24. The molecular formula is C27H28N2O4S. The van der Waals surface area contributed by atoms with E-state index in [0.29, 0.717) is 24.1 Å². The molecule has 176 valence electrons. The molecule has 5 rings (SSSR count). The van der Waals surface area contributed by atoms with Gasteiger partial charge in [-0.3, -0.25) is 0 Å². The van der Waals surface area contributed by atoms with Crippen molar-refractivity contribution in [2.24, 2.45) is 0 Å². The van der Waals surface area contributed by atoms with Gasteiger partial charge >= 0.3 is 0 Å². The first-order chi connectivity index (χ1) is 16.6. The van der Waals surface area contributed by atoms with Gasteiger partial charge in [-0.15, -0.1) is 0 Å². The Morgan fingerprint density at radius 1 is 0.912 bits per heavy atom. The number of nitrogens with zero attached hydrogens (tertiary/aromatic N) is 2. The average molecular weight is 477 g/mol. The number of rotatable bonds is 6. The highest BCUT2D eigenvalue weighted by molar-refractivity contribution is 7.91. The molecule has 0 bridgehead atoms. The van der Waals surface area contributed by atoms with E-state index in [4.69, 9.17) is 9.15 Å². The lowest BCUT2D eigenvalue weighted by Crippen LogP contribution is -2.25. The number of hydrogen-bond acceptors (Lipinski definition) is 6. The van der Waals surface area contributed by atoms with Crippen LogP contribution in [0.4, 0.5) is 5.88 Å². The fourth-order valence-electron chi connectivity index (χ4n) is 4.47. The quantitative estimate of drug-likeness (QED) is 0.334. The molecule has 0 amide bonds. The van der Waals surface area contributed by atoms with Gasteiger partial charge in [-0.2, -0.15) is 4.98 Å². The van der Waals surface area contributed by atoms with Gasteiger partial charge in [0, 0.05) is 18.7 Å². The van der Waals surface area contributed by atoms with Gasteiger partial charge in [-0.05, 0) is 60.9 Å². The number of ether oxygens (including phenoxy) is 1. The first-order valence-electron chi connectivity index (χ1n) is 11.8. The minimum atomic E-state index is -3.91. The molecule has 1 saturated heterocycles. The lowest BCUT2D eigenvalue weighted by molar-refractivity contribution is 0.340. The Labute approximate surface area is 200 Å². The molecule has 1 fully saturated rings. The predicted octanol–water partition coefficient (Wildman–Crippen LogP) is 6.11. The van der Waals surface area contributed by atoms with Crippen LogP contribution in [-0.4, -0.2) is 33.1 Å². The lowest BCUT2D eigenvalue weighted by Gasteiger charge is -2.20. The molecule has 3 aromatic carbocycles. The molecule has 7 heteroatoms. The highest BCUT2D eigenvalue weighted by Crippen LogP contribution is 2.38. The van der Waals surface area contributed by atoms with Crippen LogP contribution in [0.2, 0.25) is 0 Å². The van der Waals surface area contributed by atoms with Gasteiger partial charge in [0.05, 0.1) is 11.5 Å². The number of sulfone groups is 1. The molecule has 1 aliphatic rings. The van der Waals surface area contributed by atoms with Crippen LogP contribution >= 0.6 is 0 Å². The molecule has 0 atom stereocenters. The first kappa shape index (κ1) is 22.5. The summed E-state index contributed by atoms with van der Waals surface area (Å²) in [7, 11) is -3.91. The van der Waals surface area contributed by atoms with Gasteiger partial charge < -0.3 is 14.1 Å². The Morgan fingerprint density at radius 2 is 1.62 bits per heavy atom. The first-order valence-corrected chi connectivity index (χ1v) is 13.3. The molecule has 0 radical (unpaired) electrons. The van der Waals surface area contributed by atoms with Gasteiger partial charge in [0.25, 0.3) is 0 Å². The zero-order valence-corrected chi connectivity index (χ0v) is 20.1. The molecular weight excluding hydrogens is 448 g/mol. The molecule has 1 aliphatic heterocycles. The Morgan fingerprint density at radius 3 is 2.35 bits per heavy atom. The van der Waals surface area contributed by atoms with Crippen molar-refractivity contribution in [1.29, 1.82) is 0 Å². The molecule has 34 heavy (non-hydrogen) atoms. The highest BCUT2D eigenvalue weighted by Gasteiger charge is 2.32. The van der Waals surface area contributed by atoms with Crippen molar-refractivity contribution < 1.29 is 17.6 Å². The van der Waals surface area contributed by atoms with Crippen LogP contribution in [0.15, 0.2) is 81.1 Å². The van der Waals surface area contributed by atoms with Crippen molar-refractivity contribution >= 4 is 26.5 Å². The van der Waals surface area contributed by atoms with Crippen LogP contribution in [0.5, 0.6) is 5.75 Å². The lowest BCUT2D eigenvalue weighted by atomic mass is 10.0. The molecule has 1 aromatic heterocycles. The normalized spacial score (nSPS) is 14.8. The SMILES string of the molecule is CCOc1ccc(S(=O)(=O)c2nc(-c3cccc4ccccc34)oc2N2CCCCCC2)cc1. The number of anilines is 1. The minimum Gasteiger partial charge on any atom is -0.494 e. The van der Waals surface area contributed by atoms with E-state index in [9.17, 15) is 8.42 Å². The smallest absolute Gasteiger partial charge is 0.236 e. The molecule has 0 spiro atoms. The summed E-state index contributed by atoms with van der Waals surface area (Å²) in [6, 6.07) is 20.3. The van der Waals surface area contributed by atoms with Crippen LogP contribution < -0.4 is 9.64 Å². The second-order valence-electron chi connectivity index (χ2n) is 8.47. The maximum Gasteiger partial charge on any atom is 0.236 e. The predicted molar refractivity (Wildman–Crippen MR) is 133 cm³/mol. The summed E-state index contributed by atoms with van der Waals surface area (Å²) >= 11 is 0. The van der Waals surface area contributed by atoms with E-state index < -0.39 is 9.84 Å². The zero-order chi connectivity index (χ0) is 23.5. The van der Waals surface area contributed by atoms with E-state index >= 15 is 0 Å². The Bertz CT molecular complexity index is 1380. The topological polar surface area (TPSA) is 72.6 Å². The summed E-state index contributed by atoms with van der Waals surface area (Å²) in [5.74, 6) is 1.28. The number of benzene rings is 3. The van der Waals surface area contributed by atoms with Crippen molar-refractivity contribution in [3.8, 4) is 17.2 Å². The minimum absolute atomic E-state index is 0.0264. The Hall–Kier alpha value is -3.32.